The van der Waals surface area contributed by atoms with E-state index in [2.05, 4.69) is 22.2 Å². The van der Waals surface area contributed by atoms with Crippen molar-refractivity contribution in [2.45, 2.75) is 26.2 Å². The van der Waals surface area contributed by atoms with E-state index in [1.165, 1.54) is 12.4 Å². The van der Waals surface area contributed by atoms with Crippen molar-refractivity contribution < 1.29 is 9.90 Å². The molecule has 15 heavy (non-hydrogen) atoms. The van der Waals surface area contributed by atoms with E-state index < -0.39 is 5.97 Å². The van der Waals surface area contributed by atoms with Crippen LogP contribution in [-0.2, 0) is 0 Å². The van der Waals surface area contributed by atoms with E-state index in [0.717, 1.165) is 25.8 Å². The monoisotopic (exact) mass is 209 g/mol. The van der Waals surface area contributed by atoms with Crippen LogP contribution in [0.1, 0.15) is 36.7 Å². The average molecular weight is 209 g/mol. The Bertz CT molecular complexity index is 328. The largest absolute Gasteiger partial charge is 0.476 e. The molecule has 5 nitrogen and oxygen atoms in total. The van der Waals surface area contributed by atoms with Crippen molar-refractivity contribution in [3.63, 3.8) is 0 Å². The summed E-state index contributed by atoms with van der Waals surface area (Å²) in [4.78, 5) is 18.3. The summed E-state index contributed by atoms with van der Waals surface area (Å²) >= 11 is 0. The van der Waals surface area contributed by atoms with Crippen LogP contribution in [0.25, 0.3) is 0 Å². The number of hydrogen-bond acceptors (Lipinski definition) is 4. The highest BCUT2D eigenvalue weighted by molar-refractivity contribution is 5.85. The quantitative estimate of drug-likeness (QED) is 0.698. The molecule has 0 atom stereocenters. The number of aromatic nitrogens is 2. The van der Waals surface area contributed by atoms with Crippen LogP contribution in [0.2, 0.25) is 0 Å². The number of carboxylic acid groups (broad SMARTS) is 1. The number of aromatic carboxylic acids is 1. The van der Waals surface area contributed by atoms with Crippen molar-refractivity contribution in [2.24, 2.45) is 0 Å². The molecule has 0 radical (unpaired) electrons. The molecule has 0 fully saturated rings. The Morgan fingerprint density at radius 3 is 2.93 bits per heavy atom. The van der Waals surface area contributed by atoms with Gasteiger partial charge in [-0.15, -0.1) is 0 Å². The van der Waals surface area contributed by atoms with E-state index in [1.807, 2.05) is 0 Å². The highest BCUT2D eigenvalue weighted by Crippen LogP contribution is 2.03. The van der Waals surface area contributed by atoms with E-state index in [1.54, 1.807) is 0 Å². The highest BCUT2D eigenvalue weighted by atomic mass is 16.4. The number of hydrogen-bond donors (Lipinski definition) is 2. The van der Waals surface area contributed by atoms with Crippen LogP contribution in [0.15, 0.2) is 12.4 Å². The molecule has 0 aromatic carbocycles. The van der Waals surface area contributed by atoms with E-state index in [4.69, 9.17) is 5.11 Å². The van der Waals surface area contributed by atoms with Crippen LogP contribution in [0.3, 0.4) is 0 Å². The molecule has 5 heteroatoms. The van der Waals surface area contributed by atoms with E-state index in [0.29, 0.717) is 5.82 Å². The van der Waals surface area contributed by atoms with Crippen LogP contribution in [-0.4, -0.2) is 27.6 Å². The van der Waals surface area contributed by atoms with Gasteiger partial charge in [0, 0.05) is 6.54 Å². The summed E-state index contributed by atoms with van der Waals surface area (Å²) in [6, 6.07) is 0. The Balaban J connectivity index is 2.47. The Labute approximate surface area is 88.6 Å². The number of unbranched alkanes of at least 4 members (excludes halogenated alkanes) is 2. The van der Waals surface area contributed by atoms with Gasteiger partial charge in [-0.2, -0.15) is 0 Å². The van der Waals surface area contributed by atoms with Gasteiger partial charge in [0.15, 0.2) is 5.69 Å². The predicted molar refractivity (Wildman–Crippen MR) is 57.0 cm³/mol. The smallest absolute Gasteiger partial charge is 0.356 e. The maximum atomic E-state index is 10.6. The molecule has 1 rings (SSSR count). The van der Waals surface area contributed by atoms with Gasteiger partial charge in [-0.25, -0.2) is 9.78 Å². The molecule has 0 aliphatic rings. The molecule has 2 N–H and O–H groups in total. The maximum Gasteiger partial charge on any atom is 0.356 e. The van der Waals surface area contributed by atoms with Crippen LogP contribution in [0.4, 0.5) is 5.82 Å². The molecule has 0 unspecified atom stereocenters. The number of nitrogens with zero attached hydrogens (tertiary/aromatic N) is 2. The SMILES string of the molecule is CCCCCNc1cncc(C(=O)O)n1. The van der Waals surface area contributed by atoms with Gasteiger partial charge in [-0.05, 0) is 6.42 Å². The minimum absolute atomic E-state index is 0.0320. The number of anilines is 1. The lowest BCUT2D eigenvalue weighted by atomic mass is 10.2. The number of carboxylic acids is 1. The zero-order valence-corrected chi connectivity index (χ0v) is 8.73. The summed E-state index contributed by atoms with van der Waals surface area (Å²) in [5, 5.41) is 11.7. The fourth-order valence-corrected chi connectivity index (χ4v) is 1.15. The minimum atomic E-state index is -1.06. The second-order valence-corrected chi connectivity index (χ2v) is 3.23. The highest BCUT2D eigenvalue weighted by Gasteiger charge is 2.05. The normalized spacial score (nSPS) is 9.93. The van der Waals surface area contributed by atoms with Crippen LogP contribution < -0.4 is 5.32 Å². The fraction of sp³-hybridized carbons (Fsp3) is 0.500. The molecule has 1 heterocycles. The van der Waals surface area contributed by atoms with Gasteiger partial charge in [-0.1, -0.05) is 19.8 Å². The third kappa shape index (κ3) is 3.93. The first kappa shape index (κ1) is 11.4. The number of rotatable bonds is 6. The second kappa shape index (κ2) is 5.95. The number of nitrogens with one attached hydrogen (secondary N) is 1. The van der Waals surface area contributed by atoms with Gasteiger partial charge >= 0.3 is 5.97 Å². The van der Waals surface area contributed by atoms with Gasteiger partial charge in [-0.3, -0.25) is 4.98 Å². The van der Waals surface area contributed by atoms with Gasteiger partial charge in [0.1, 0.15) is 5.82 Å². The van der Waals surface area contributed by atoms with Crippen LogP contribution in [0.5, 0.6) is 0 Å². The Morgan fingerprint density at radius 1 is 1.47 bits per heavy atom. The first-order valence-electron chi connectivity index (χ1n) is 5.03. The standard InChI is InChI=1S/C10H15N3O2/c1-2-3-4-5-12-9-7-11-6-8(13-9)10(14)15/h6-7H,2-5H2,1H3,(H,12,13)(H,14,15). The summed E-state index contributed by atoms with van der Waals surface area (Å²) < 4.78 is 0. The molecule has 0 bridgehead atoms. The van der Waals surface area contributed by atoms with Gasteiger partial charge in [0.2, 0.25) is 0 Å². The van der Waals surface area contributed by atoms with Crippen LogP contribution >= 0.6 is 0 Å². The molecule has 0 amide bonds. The van der Waals surface area contributed by atoms with E-state index in [-0.39, 0.29) is 5.69 Å². The average Bonchev–Trinajstić information content (AvgIpc) is 2.25. The molecule has 0 saturated heterocycles. The van der Waals surface area contributed by atoms with Crippen molar-refractivity contribution >= 4 is 11.8 Å². The zero-order chi connectivity index (χ0) is 11.1. The first-order chi connectivity index (χ1) is 7.24. The third-order valence-corrected chi connectivity index (χ3v) is 1.94. The summed E-state index contributed by atoms with van der Waals surface area (Å²) in [5.74, 6) is -0.536. The number of carbonyl (C=O) groups is 1. The lowest BCUT2D eigenvalue weighted by molar-refractivity contribution is 0.0690. The Morgan fingerprint density at radius 2 is 2.27 bits per heavy atom. The van der Waals surface area contributed by atoms with Crippen molar-refractivity contribution in [1.82, 2.24) is 9.97 Å². The van der Waals surface area contributed by atoms with Crippen molar-refractivity contribution in [2.75, 3.05) is 11.9 Å². The van der Waals surface area contributed by atoms with Gasteiger partial charge < -0.3 is 10.4 Å². The molecular formula is C10H15N3O2. The first-order valence-corrected chi connectivity index (χ1v) is 5.03. The zero-order valence-electron chi connectivity index (χ0n) is 8.73. The minimum Gasteiger partial charge on any atom is -0.476 e. The molecular weight excluding hydrogens is 194 g/mol. The van der Waals surface area contributed by atoms with Crippen molar-refractivity contribution in [3.05, 3.63) is 18.1 Å². The third-order valence-electron chi connectivity index (χ3n) is 1.94. The molecule has 0 saturated carbocycles. The summed E-state index contributed by atoms with van der Waals surface area (Å²) in [7, 11) is 0. The lowest BCUT2D eigenvalue weighted by Gasteiger charge is -2.04. The summed E-state index contributed by atoms with van der Waals surface area (Å²) in [6.07, 6.45) is 6.12. The molecule has 0 spiro atoms. The van der Waals surface area contributed by atoms with Gasteiger partial charge in [0.25, 0.3) is 0 Å². The molecule has 0 aliphatic carbocycles. The molecule has 1 aromatic rings. The lowest BCUT2D eigenvalue weighted by Crippen LogP contribution is -2.07. The van der Waals surface area contributed by atoms with E-state index >= 15 is 0 Å². The predicted octanol–water partition coefficient (Wildman–Crippen LogP) is 1.78. The second-order valence-electron chi connectivity index (χ2n) is 3.23. The molecule has 82 valence electrons. The molecule has 1 aromatic heterocycles. The van der Waals surface area contributed by atoms with Gasteiger partial charge in [0.05, 0.1) is 12.4 Å². The topological polar surface area (TPSA) is 75.1 Å². The van der Waals surface area contributed by atoms with Crippen molar-refractivity contribution in [3.8, 4) is 0 Å². The van der Waals surface area contributed by atoms with Crippen molar-refractivity contribution in [1.29, 1.82) is 0 Å². The Hall–Kier alpha value is -1.65. The van der Waals surface area contributed by atoms with E-state index in [9.17, 15) is 4.79 Å². The maximum absolute atomic E-state index is 10.6. The Kier molecular flexibility index (Phi) is 4.53. The fourth-order valence-electron chi connectivity index (χ4n) is 1.15. The summed E-state index contributed by atoms with van der Waals surface area (Å²) in [6.45, 7) is 2.93. The summed E-state index contributed by atoms with van der Waals surface area (Å²) in [5.41, 5.74) is -0.0320. The molecule has 0 aliphatic heterocycles. The van der Waals surface area contributed by atoms with Crippen LogP contribution in [0, 0.1) is 0 Å².